The lowest BCUT2D eigenvalue weighted by molar-refractivity contribution is -0.155. The van der Waals surface area contributed by atoms with Crippen LogP contribution >= 0.6 is 0 Å². The molecule has 2 aromatic carbocycles. The number of hydrogen-bond donors (Lipinski definition) is 8. The van der Waals surface area contributed by atoms with Crippen LogP contribution in [0, 0.1) is 23.7 Å². The number of carbonyl (C=O) groups is 7. The van der Waals surface area contributed by atoms with Crippen molar-refractivity contribution in [2.75, 3.05) is 171 Å². The molecule has 1 aliphatic heterocycles. The second kappa shape index (κ2) is 37.4. The minimum absolute atomic E-state index is 0.00427. The molecule has 496 valence electrons. The minimum atomic E-state index is -1.37. The van der Waals surface area contributed by atoms with Gasteiger partial charge in [-0.25, -0.2) is 9.48 Å². The Kier molecular flexibility index (Phi) is 30.7. The van der Waals surface area contributed by atoms with Crippen LogP contribution < -0.4 is 30.7 Å². The Balaban J connectivity index is 0.000000345. The molecule has 5 atom stereocenters. The third kappa shape index (κ3) is 22.9. The Labute approximate surface area is 523 Å². The summed E-state index contributed by atoms with van der Waals surface area (Å²) in [6, 6.07) is 13.5. The van der Waals surface area contributed by atoms with Crippen molar-refractivity contribution in [1.29, 1.82) is 0 Å². The Morgan fingerprint density at radius 1 is 0.719 bits per heavy atom. The van der Waals surface area contributed by atoms with E-state index in [-0.39, 0.29) is 81.9 Å². The second-order valence-corrected chi connectivity index (χ2v) is 24.0. The number of aldehydes is 1. The van der Waals surface area contributed by atoms with Crippen molar-refractivity contribution < 1.29 is 72.9 Å². The molecule has 2 bridgehead atoms. The number of hydrogen-bond acceptors (Lipinski definition) is 19. The van der Waals surface area contributed by atoms with Gasteiger partial charge < -0.3 is 70.3 Å². The molecular formula is C63H99N11O15. The molecule has 2 saturated carbocycles. The van der Waals surface area contributed by atoms with Crippen molar-refractivity contribution in [3.05, 3.63) is 53.7 Å². The number of anilines is 1. The monoisotopic (exact) mass is 1250 g/mol. The fourth-order valence-electron chi connectivity index (χ4n) is 12.5. The van der Waals surface area contributed by atoms with Crippen LogP contribution in [0.2, 0.25) is 0 Å². The number of fused-ring (bicyclic) bond motifs is 2. The zero-order valence-electron chi connectivity index (χ0n) is 53.5. The fourth-order valence-corrected chi connectivity index (χ4v) is 12.5. The lowest BCUT2D eigenvalue weighted by atomic mass is 9.56. The number of nitrogens with one attached hydrogen (secondary N) is 4. The van der Waals surface area contributed by atoms with Crippen LogP contribution in [0.3, 0.4) is 0 Å². The van der Waals surface area contributed by atoms with E-state index in [0.717, 1.165) is 81.6 Å². The summed E-state index contributed by atoms with van der Waals surface area (Å²) >= 11 is 0. The summed E-state index contributed by atoms with van der Waals surface area (Å²) in [7, 11) is 7.35. The summed E-state index contributed by atoms with van der Waals surface area (Å²) in [6.07, 6.45) is 6.26. The highest BCUT2D eigenvalue weighted by molar-refractivity contribution is 5.98. The highest BCUT2D eigenvalue weighted by Crippen LogP contribution is 2.50. The number of carboxylic acids is 4. The molecule has 2 heterocycles. The Morgan fingerprint density at radius 3 is 1.81 bits per heavy atom. The summed E-state index contributed by atoms with van der Waals surface area (Å²) < 4.78 is 23.7. The molecule has 8 N–H and O–H groups in total. The van der Waals surface area contributed by atoms with Crippen LogP contribution in [0.15, 0.2) is 42.5 Å². The molecule has 2 aliphatic carbocycles. The number of ether oxygens (including phenoxy) is 4. The zero-order valence-corrected chi connectivity index (χ0v) is 53.5. The van der Waals surface area contributed by atoms with Gasteiger partial charge in [-0.2, -0.15) is 5.10 Å². The van der Waals surface area contributed by atoms with Crippen LogP contribution in [0.5, 0.6) is 11.5 Å². The minimum Gasteiger partial charge on any atom is -0.496 e. The van der Waals surface area contributed by atoms with Crippen molar-refractivity contribution in [3.8, 4) is 28.4 Å². The first kappa shape index (κ1) is 73.0. The quantitative estimate of drug-likeness (QED) is 0.0320. The number of aromatic nitrogens is 2. The third-order valence-electron chi connectivity index (χ3n) is 16.8. The van der Waals surface area contributed by atoms with Gasteiger partial charge in [0.15, 0.2) is 5.69 Å². The maximum atomic E-state index is 14.4. The normalized spacial score (nSPS) is 20.5. The number of nitrogens with zero attached hydrogens (tertiary/aromatic N) is 7. The lowest BCUT2D eigenvalue weighted by Gasteiger charge is -2.52. The van der Waals surface area contributed by atoms with Gasteiger partial charge in [-0.15, -0.1) is 0 Å². The van der Waals surface area contributed by atoms with E-state index in [4.69, 9.17) is 24.0 Å². The van der Waals surface area contributed by atoms with E-state index in [0.29, 0.717) is 99.8 Å². The molecule has 1 saturated heterocycles. The molecule has 3 aromatic rings. The van der Waals surface area contributed by atoms with E-state index in [1.54, 1.807) is 39.7 Å². The summed E-state index contributed by atoms with van der Waals surface area (Å²) in [5.41, 5.74) is 2.90. The molecule has 5 unspecified atom stereocenters. The summed E-state index contributed by atoms with van der Waals surface area (Å²) in [4.78, 5) is 93.3. The number of benzene rings is 2. The standard InChI is InChI=1S/C41H60N6O5.C22H39N5O10/c1-26(2)32-24-31(43-17-11-19-46(6)18-10-16-42-5)14-15-34(32)47-35(38-36(51-7)12-9-13-37(38)52-8)25-33(45-47)39(48)44-41(40(49)50)28(4)22-29-20-27(3)21-30(41)23-29;28-10-12-37-14-13-36-11-1-23-19(29)15-24-2-4-25(16-20(30)31)6-8-27(18-22(34)35)9-7-26(5-3-24)17-21(32)33/h9,12-15,24-30,42-43H,10-11,16-23H2,1-8H3,(H,44,48)(H,49,50);10H,1-9,11-18H2,(H,23,29)(H,30,31)(H,32,33)(H,34,35). The van der Waals surface area contributed by atoms with Crippen LogP contribution in [0.25, 0.3) is 16.9 Å². The van der Waals surface area contributed by atoms with E-state index in [9.17, 15) is 54.0 Å². The number of methoxy groups -OCH3 is 2. The molecule has 89 heavy (non-hydrogen) atoms. The van der Waals surface area contributed by atoms with Crippen LogP contribution in [0.4, 0.5) is 5.69 Å². The van der Waals surface area contributed by atoms with Crippen molar-refractivity contribution in [3.63, 3.8) is 0 Å². The summed E-state index contributed by atoms with van der Waals surface area (Å²) in [6.45, 7) is 15.5. The fraction of sp³-hybridized carbons (Fsp3) is 0.651. The molecule has 3 fully saturated rings. The Morgan fingerprint density at radius 2 is 1.28 bits per heavy atom. The summed E-state index contributed by atoms with van der Waals surface area (Å²) in [5, 5.41) is 56.1. The van der Waals surface area contributed by atoms with E-state index in [2.05, 4.69) is 60.1 Å². The first-order valence-corrected chi connectivity index (χ1v) is 31.1. The molecule has 1 aromatic heterocycles. The highest BCUT2D eigenvalue weighted by Gasteiger charge is 2.57. The maximum Gasteiger partial charge on any atom is 0.329 e. The number of carboxylic acid groups (broad SMARTS) is 4. The molecular weight excluding hydrogens is 1150 g/mol. The number of carbonyl (C=O) groups excluding carboxylic acids is 3. The molecule has 26 heteroatoms. The van der Waals surface area contributed by atoms with E-state index in [1.165, 1.54) is 0 Å². The van der Waals surface area contributed by atoms with E-state index in [1.807, 2.05) is 49.2 Å². The van der Waals surface area contributed by atoms with Gasteiger partial charge in [-0.3, -0.25) is 43.6 Å². The lowest BCUT2D eigenvalue weighted by Crippen LogP contribution is -2.66. The largest absolute Gasteiger partial charge is 0.496 e. The van der Waals surface area contributed by atoms with E-state index < -0.39 is 35.3 Å². The predicted octanol–water partition coefficient (Wildman–Crippen LogP) is 3.48. The average Bonchev–Trinajstić information content (AvgIpc) is 1.65. The predicted molar refractivity (Wildman–Crippen MR) is 336 cm³/mol. The van der Waals surface area contributed by atoms with Gasteiger partial charge in [0, 0.05) is 71.1 Å². The number of rotatable bonds is 33. The van der Waals surface area contributed by atoms with Crippen LogP contribution in [-0.4, -0.2) is 268 Å². The molecule has 26 nitrogen and oxygen atoms in total. The third-order valence-corrected chi connectivity index (χ3v) is 16.8. The number of aliphatic carboxylic acids is 4. The van der Waals surface area contributed by atoms with Crippen molar-refractivity contribution in [2.45, 2.75) is 77.7 Å². The van der Waals surface area contributed by atoms with Crippen molar-refractivity contribution >= 4 is 47.7 Å². The molecule has 0 radical (unpaired) electrons. The van der Waals surface area contributed by atoms with Gasteiger partial charge in [0.2, 0.25) is 5.91 Å². The van der Waals surface area contributed by atoms with Gasteiger partial charge >= 0.3 is 23.9 Å². The van der Waals surface area contributed by atoms with E-state index >= 15 is 0 Å². The molecule has 3 aliphatic rings. The van der Waals surface area contributed by atoms with Gasteiger partial charge in [0.1, 0.15) is 29.9 Å². The van der Waals surface area contributed by atoms with Gasteiger partial charge in [0.05, 0.1) is 77.2 Å². The van der Waals surface area contributed by atoms with Gasteiger partial charge in [-0.1, -0.05) is 33.8 Å². The SMILES string of the molecule is CNCCCN(C)CCCNc1ccc(-n2nc(C(=O)NC3(C(=O)O)C(C)CC4CC(C)CC3C4)cc2-c2c(OC)cccc2OC)c(C(C)C)c1.O=CCOCCOCCNC(=O)CN1CCN(CC(=O)O)CCN(CC(=O)O)CCN(CC(=O)O)CC1. The Hall–Kier alpha value is -6.78. The summed E-state index contributed by atoms with van der Waals surface area (Å²) in [5.74, 6) is -2.96. The Bertz CT molecular complexity index is 2690. The van der Waals surface area contributed by atoms with Gasteiger partial charge in [0.25, 0.3) is 5.91 Å². The first-order chi connectivity index (χ1) is 42.6. The van der Waals surface area contributed by atoms with Crippen molar-refractivity contribution in [1.82, 2.24) is 50.2 Å². The molecule has 2 amide bonds. The number of amides is 2. The highest BCUT2D eigenvalue weighted by atomic mass is 16.5. The topological polar surface area (TPSA) is 319 Å². The molecule has 0 spiro atoms. The smallest absolute Gasteiger partial charge is 0.329 e. The van der Waals surface area contributed by atoms with Gasteiger partial charge in [-0.05, 0) is 144 Å². The van der Waals surface area contributed by atoms with Crippen LogP contribution in [0.1, 0.15) is 88.2 Å². The molecule has 6 rings (SSSR count). The second-order valence-electron chi connectivity index (χ2n) is 24.0. The first-order valence-electron chi connectivity index (χ1n) is 31.1. The van der Waals surface area contributed by atoms with Crippen molar-refractivity contribution in [2.24, 2.45) is 23.7 Å². The maximum absolute atomic E-state index is 14.4. The van der Waals surface area contributed by atoms with Crippen LogP contribution in [-0.2, 0) is 38.2 Å². The average molecular weight is 1250 g/mol. The zero-order chi connectivity index (χ0) is 65.0.